The van der Waals surface area contributed by atoms with Crippen molar-refractivity contribution in [3.63, 3.8) is 0 Å². The molecule has 0 saturated carbocycles. The average molecular weight is 207 g/mol. The highest BCUT2D eigenvalue weighted by atomic mass is 16.2. The van der Waals surface area contributed by atoms with Gasteiger partial charge in [-0.1, -0.05) is 20.8 Å². The monoisotopic (exact) mass is 207 g/mol. The van der Waals surface area contributed by atoms with E-state index >= 15 is 0 Å². The van der Waals surface area contributed by atoms with Gasteiger partial charge in [0.05, 0.1) is 0 Å². The SMILES string of the molecule is Cc1cc(NC(=O)C(C)(C)C)nc(C)n1. The Kier molecular flexibility index (Phi) is 3.07. The molecule has 1 heterocycles. The number of carbonyl (C=O) groups excluding carboxylic acids is 1. The third kappa shape index (κ3) is 3.31. The summed E-state index contributed by atoms with van der Waals surface area (Å²) in [4.78, 5) is 20.0. The number of aromatic nitrogens is 2. The number of rotatable bonds is 1. The van der Waals surface area contributed by atoms with Crippen LogP contribution in [0.4, 0.5) is 5.82 Å². The molecule has 0 spiro atoms. The molecule has 0 fully saturated rings. The summed E-state index contributed by atoms with van der Waals surface area (Å²) in [6.45, 7) is 9.27. The molecule has 1 N–H and O–H groups in total. The molecular formula is C11H17N3O. The van der Waals surface area contributed by atoms with Crippen LogP contribution < -0.4 is 5.32 Å². The molecule has 4 heteroatoms. The van der Waals surface area contributed by atoms with Crippen LogP contribution in [0.3, 0.4) is 0 Å². The Balaban J connectivity index is 2.86. The second-order valence-corrected chi connectivity index (χ2v) is 4.65. The second-order valence-electron chi connectivity index (χ2n) is 4.65. The lowest BCUT2D eigenvalue weighted by Gasteiger charge is -2.17. The van der Waals surface area contributed by atoms with Gasteiger partial charge >= 0.3 is 0 Å². The molecule has 0 saturated heterocycles. The molecule has 0 radical (unpaired) electrons. The van der Waals surface area contributed by atoms with Gasteiger partial charge in [0.2, 0.25) is 5.91 Å². The van der Waals surface area contributed by atoms with E-state index in [1.165, 1.54) is 0 Å². The third-order valence-electron chi connectivity index (χ3n) is 1.89. The number of nitrogens with zero attached hydrogens (tertiary/aromatic N) is 2. The summed E-state index contributed by atoms with van der Waals surface area (Å²) in [7, 11) is 0. The minimum atomic E-state index is -0.410. The molecule has 0 bridgehead atoms. The van der Waals surface area contributed by atoms with Gasteiger partial charge in [-0.05, 0) is 13.8 Å². The first-order chi connectivity index (χ1) is 6.79. The highest BCUT2D eigenvalue weighted by molar-refractivity contribution is 5.93. The zero-order valence-electron chi connectivity index (χ0n) is 9.88. The summed E-state index contributed by atoms with van der Waals surface area (Å²) < 4.78 is 0. The number of amides is 1. The zero-order valence-corrected chi connectivity index (χ0v) is 9.88. The highest BCUT2D eigenvalue weighted by Gasteiger charge is 2.21. The van der Waals surface area contributed by atoms with Crippen molar-refractivity contribution in [1.29, 1.82) is 0 Å². The van der Waals surface area contributed by atoms with Crippen LogP contribution in [0, 0.1) is 19.3 Å². The van der Waals surface area contributed by atoms with Crippen molar-refractivity contribution in [3.8, 4) is 0 Å². The maximum atomic E-state index is 11.7. The Morgan fingerprint density at radius 2 is 1.87 bits per heavy atom. The number of hydrogen-bond donors (Lipinski definition) is 1. The van der Waals surface area contributed by atoms with Crippen LogP contribution >= 0.6 is 0 Å². The summed E-state index contributed by atoms with van der Waals surface area (Å²) in [5, 5.41) is 2.77. The van der Waals surface area contributed by atoms with E-state index in [-0.39, 0.29) is 5.91 Å². The van der Waals surface area contributed by atoms with Crippen molar-refractivity contribution in [2.75, 3.05) is 5.32 Å². The number of carbonyl (C=O) groups is 1. The second kappa shape index (κ2) is 3.96. The predicted molar refractivity (Wildman–Crippen MR) is 59.6 cm³/mol. The summed E-state index contributed by atoms with van der Waals surface area (Å²) in [6.07, 6.45) is 0. The number of hydrogen-bond acceptors (Lipinski definition) is 3. The quantitative estimate of drug-likeness (QED) is 0.767. The van der Waals surface area contributed by atoms with E-state index in [9.17, 15) is 4.79 Å². The van der Waals surface area contributed by atoms with Gasteiger partial charge in [0.25, 0.3) is 0 Å². The van der Waals surface area contributed by atoms with Gasteiger partial charge in [0.15, 0.2) is 0 Å². The molecule has 0 aliphatic heterocycles. The van der Waals surface area contributed by atoms with E-state index in [4.69, 9.17) is 0 Å². The Morgan fingerprint density at radius 3 is 2.33 bits per heavy atom. The van der Waals surface area contributed by atoms with Gasteiger partial charge in [0, 0.05) is 17.2 Å². The third-order valence-corrected chi connectivity index (χ3v) is 1.89. The van der Waals surface area contributed by atoms with E-state index in [1.54, 1.807) is 13.0 Å². The van der Waals surface area contributed by atoms with E-state index in [1.807, 2.05) is 27.7 Å². The molecule has 0 aromatic carbocycles. The largest absolute Gasteiger partial charge is 0.310 e. The Morgan fingerprint density at radius 1 is 1.27 bits per heavy atom. The first kappa shape index (κ1) is 11.6. The first-order valence-electron chi connectivity index (χ1n) is 4.93. The molecule has 1 aromatic rings. The van der Waals surface area contributed by atoms with Crippen LogP contribution in [-0.2, 0) is 4.79 Å². The molecular weight excluding hydrogens is 190 g/mol. The van der Waals surface area contributed by atoms with Crippen molar-refractivity contribution < 1.29 is 4.79 Å². The molecule has 82 valence electrons. The van der Waals surface area contributed by atoms with E-state index in [0.717, 1.165) is 5.69 Å². The van der Waals surface area contributed by atoms with Gasteiger partial charge in [-0.25, -0.2) is 9.97 Å². The van der Waals surface area contributed by atoms with Gasteiger partial charge in [-0.2, -0.15) is 0 Å². The van der Waals surface area contributed by atoms with Crippen LogP contribution in [0.1, 0.15) is 32.3 Å². The molecule has 0 unspecified atom stereocenters. The van der Waals surface area contributed by atoms with E-state index in [2.05, 4.69) is 15.3 Å². The smallest absolute Gasteiger partial charge is 0.230 e. The zero-order chi connectivity index (χ0) is 11.6. The van der Waals surface area contributed by atoms with Crippen LogP contribution in [0.5, 0.6) is 0 Å². The number of nitrogens with one attached hydrogen (secondary N) is 1. The minimum Gasteiger partial charge on any atom is -0.310 e. The van der Waals surface area contributed by atoms with Gasteiger partial charge in [0.1, 0.15) is 11.6 Å². The van der Waals surface area contributed by atoms with Crippen molar-refractivity contribution in [1.82, 2.24) is 9.97 Å². The van der Waals surface area contributed by atoms with Crippen molar-refractivity contribution in [3.05, 3.63) is 17.6 Å². The Hall–Kier alpha value is -1.45. The molecule has 1 amide bonds. The lowest BCUT2D eigenvalue weighted by molar-refractivity contribution is -0.123. The summed E-state index contributed by atoms with van der Waals surface area (Å²) in [6, 6.07) is 1.76. The fraction of sp³-hybridized carbons (Fsp3) is 0.545. The van der Waals surface area contributed by atoms with E-state index < -0.39 is 5.41 Å². The van der Waals surface area contributed by atoms with Crippen LogP contribution in [-0.4, -0.2) is 15.9 Å². The molecule has 4 nitrogen and oxygen atoms in total. The Labute approximate surface area is 90.1 Å². The molecule has 0 aliphatic rings. The molecule has 1 rings (SSSR count). The van der Waals surface area contributed by atoms with Crippen LogP contribution in [0.15, 0.2) is 6.07 Å². The van der Waals surface area contributed by atoms with Crippen molar-refractivity contribution >= 4 is 11.7 Å². The number of aryl methyl sites for hydroxylation is 2. The van der Waals surface area contributed by atoms with Crippen LogP contribution in [0.25, 0.3) is 0 Å². The normalized spacial score (nSPS) is 11.3. The fourth-order valence-electron chi connectivity index (χ4n) is 1.08. The predicted octanol–water partition coefficient (Wildman–Crippen LogP) is 2.08. The molecule has 0 aliphatic carbocycles. The molecule has 1 aromatic heterocycles. The van der Waals surface area contributed by atoms with Gasteiger partial charge < -0.3 is 5.32 Å². The Bertz CT molecular complexity index is 360. The summed E-state index contributed by atoms with van der Waals surface area (Å²) in [5.41, 5.74) is 0.443. The molecule has 15 heavy (non-hydrogen) atoms. The van der Waals surface area contributed by atoms with E-state index in [0.29, 0.717) is 11.6 Å². The summed E-state index contributed by atoms with van der Waals surface area (Å²) in [5.74, 6) is 1.19. The highest BCUT2D eigenvalue weighted by Crippen LogP contribution is 2.16. The molecule has 0 atom stereocenters. The van der Waals surface area contributed by atoms with Gasteiger partial charge in [-0.15, -0.1) is 0 Å². The van der Waals surface area contributed by atoms with Crippen molar-refractivity contribution in [2.45, 2.75) is 34.6 Å². The number of anilines is 1. The van der Waals surface area contributed by atoms with Crippen LogP contribution in [0.2, 0.25) is 0 Å². The average Bonchev–Trinajstić information content (AvgIpc) is 1.99. The van der Waals surface area contributed by atoms with Crippen molar-refractivity contribution in [2.24, 2.45) is 5.41 Å². The maximum absolute atomic E-state index is 11.7. The first-order valence-corrected chi connectivity index (χ1v) is 4.93. The lowest BCUT2D eigenvalue weighted by Crippen LogP contribution is -2.28. The topological polar surface area (TPSA) is 54.9 Å². The minimum absolute atomic E-state index is 0.0417. The van der Waals surface area contributed by atoms with Gasteiger partial charge in [-0.3, -0.25) is 4.79 Å². The maximum Gasteiger partial charge on any atom is 0.230 e. The summed E-state index contributed by atoms with van der Waals surface area (Å²) >= 11 is 0. The fourth-order valence-corrected chi connectivity index (χ4v) is 1.08. The standard InChI is InChI=1S/C11H17N3O/c1-7-6-9(13-8(2)12-7)14-10(15)11(3,4)5/h6H,1-5H3,(H,12,13,14,15). The lowest BCUT2D eigenvalue weighted by atomic mass is 9.96.